The molecule has 1 aromatic heterocycles. The van der Waals surface area contributed by atoms with E-state index in [4.69, 9.17) is 5.11 Å². The van der Waals surface area contributed by atoms with Crippen molar-refractivity contribution >= 4 is 15.8 Å². The topological polar surface area (TPSA) is 84.3 Å². The molecule has 7 heteroatoms. The molecule has 1 aliphatic rings. The van der Waals surface area contributed by atoms with E-state index in [-0.39, 0.29) is 23.5 Å². The summed E-state index contributed by atoms with van der Waals surface area (Å²) in [5.74, 6) is -2.04. The van der Waals surface area contributed by atoms with Gasteiger partial charge in [-0.05, 0) is 29.9 Å². The summed E-state index contributed by atoms with van der Waals surface area (Å²) >= 11 is 0. The molecule has 104 valence electrons. The Bertz CT molecular complexity index is 596. The first kappa shape index (κ1) is 13.9. The second-order valence-electron chi connectivity index (χ2n) is 5.11. The number of nitrogens with zero attached hydrogens (tertiary/aromatic N) is 1. The van der Waals surface area contributed by atoms with E-state index in [0.717, 1.165) is 12.3 Å². The van der Waals surface area contributed by atoms with Crippen molar-refractivity contribution in [2.24, 2.45) is 5.41 Å². The van der Waals surface area contributed by atoms with Crippen molar-refractivity contribution in [1.29, 1.82) is 0 Å². The van der Waals surface area contributed by atoms with E-state index in [0.29, 0.717) is 12.8 Å². The Hall–Kier alpha value is -1.50. The van der Waals surface area contributed by atoms with Gasteiger partial charge >= 0.3 is 5.97 Å². The van der Waals surface area contributed by atoms with Crippen molar-refractivity contribution in [3.05, 3.63) is 29.8 Å². The van der Waals surface area contributed by atoms with Crippen LogP contribution in [-0.4, -0.2) is 30.2 Å². The fourth-order valence-corrected chi connectivity index (χ4v) is 4.27. The Kier molecular flexibility index (Phi) is 3.58. The minimum atomic E-state index is -3.46. The maximum Gasteiger partial charge on any atom is 0.303 e. The van der Waals surface area contributed by atoms with Gasteiger partial charge in [0.15, 0.2) is 9.84 Å². The third-order valence-corrected chi connectivity index (χ3v) is 4.98. The second-order valence-corrected chi connectivity index (χ2v) is 7.18. The van der Waals surface area contributed by atoms with E-state index in [9.17, 15) is 17.6 Å². The summed E-state index contributed by atoms with van der Waals surface area (Å²) in [6.45, 7) is 0. The monoisotopic (exact) mass is 287 g/mol. The van der Waals surface area contributed by atoms with Crippen LogP contribution in [-0.2, 0) is 20.4 Å². The summed E-state index contributed by atoms with van der Waals surface area (Å²) in [6.07, 6.45) is 3.40. The van der Waals surface area contributed by atoms with Crippen LogP contribution in [0.15, 0.2) is 18.5 Å². The number of pyridine rings is 1. The average Bonchev–Trinajstić information content (AvgIpc) is 2.93. The van der Waals surface area contributed by atoms with Crippen LogP contribution in [0, 0.1) is 11.2 Å². The minimum absolute atomic E-state index is 0.131. The Morgan fingerprint density at radius 3 is 2.63 bits per heavy atom. The van der Waals surface area contributed by atoms with Crippen LogP contribution in [0.25, 0.3) is 0 Å². The van der Waals surface area contributed by atoms with Crippen molar-refractivity contribution < 1.29 is 22.7 Å². The molecule has 1 aliphatic carbocycles. The average molecular weight is 287 g/mol. The lowest BCUT2D eigenvalue weighted by atomic mass is 10.1. The van der Waals surface area contributed by atoms with Gasteiger partial charge in [0.1, 0.15) is 5.82 Å². The van der Waals surface area contributed by atoms with Crippen LogP contribution >= 0.6 is 0 Å². The maximum atomic E-state index is 12.9. The van der Waals surface area contributed by atoms with Crippen LogP contribution in [0.2, 0.25) is 0 Å². The first-order chi connectivity index (χ1) is 8.80. The Balaban J connectivity index is 2.05. The van der Waals surface area contributed by atoms with Gasteiger partial charge in [0.2, 0.25) is 0 Å². The molecule has 5 nitrogen and oxygen atoms in total. The maximum absolute atomic E-state index is 12.9. The van der Waals surface area contributed by atoms with Gasteiger partial charge in [0.05, 0.1) is 24.1 Å². The molecular formula is C12H14FNO4S. The standard InChI is InChI=1S/C12H14FNO4S/c13-10-3-9(5-14-6-10)7-19(17,18)8-12(1-2-12)4-11(15)16/h3,5-6H,1-2,4,7-8H2,(H,15,16). The zero-order chi connectivity index (χ0) is 14.1. The molecule has 0 aliphatic heterocycles. The molecule has 0 spiro atoms. The van der Waals surface area contributed by atoms with Crippen molar-refractivity contribution in [1.82, 2.24) is 4.98 Å². The molecule has 1 aromatic rings. The van der Waals surface area contributed by atoms with Gasteiger partial charge in [0.25, 0.3) is 0 Å². The van der Waals surface area contributed by atoms with E-state index in [1.165, 1.54) is 6.20 Å². The van der Waals surface area contributed by atoms with Crippen molar-refractivity contribution in [3.8, 4) is 0 Å². The molecule has 1 heterocycles. The number of sulfone groups is 1. The molecule has 2 rings (SSSR count). The number of carboxylic acid groups (broad SMARTS) is 1. The fraction of sp³-hybridized carbons (Fsp3) is 0.500. The summed E-state index contributed by atoms with van der Waals surface area (Å²) in [5.41, 5.74) is -0.336. The molecule has 1 saturated carbocycles. The van der Waals surface area contributed by atoms with Gasteiger partial charge in [-0.25, -0.2) is 12.8 Å². The highest BCUT2D eigenvalue weighted by Crippen LogP contribution is 2.50. The van der Waals surface area contributed by atoms with E-state index in [1.54, 1.807) is 0 Å². The third kappa shape index (κ3) is 3.99. The van der Waals surface area contributed by atoms with E-state index >= 15 is 0 Å². The minimum Gasteiger partial charge on any atom is -0.481 e. The van der Waals surface area contributed by atoms with Gasteiger partial charge < -0.3 is 5.11 Å². The predicted octanol–water partition coefficient (Wildman–Crippen LogP) is 1.39. The number of hydrogen-bond donors (Lipinski definition) is 1. The highest BCUT2D eigenvalue weighted by molar-refractivity contribution is 7.90. The normalized spacial score (nSPS) is 17.1. The smallest absolute Gasteiger partial charge is 0.303 e. The largest absolute Gasteiger partial charge is 0.481 e. The van der Waals surface area contributed by atoms with Crippen molar-refractivity contribution in [2.75, 3.05) is 5.75 Å². The van der Waals surface area contributed by atoms with Crippen LogP contribution in [0.4, 0.5) is 4.39 Å². The molecule has 0 amide bonds. The van der Waals surface area contributed by atoms with Crippen LogP contribution < -0.4 is 0 Å². The number of aliphatic carboxylic acids is 1. The first-order valence-electron chi connectivity index (χ1n) is 5.82. The summed E-state index contributed by atoms with van der Waals surface area (Å²) in [7, 11) is -3.46. The summed E-state index contributed by atoms with van der Waals surface area (Å²) < 4.78 is 36.9. The summed E-state index contributed by atoms with van der Waals surface area (Å²) in [5, 5.41) is 8.76. The van der Waals surface area contributed by atoms with Gasteiger partial charge in [-0.1, -0.05) is 0 Å². The van der Waals surface area contributed by atoms with Gasteiger partial charge in [-0.3, -0.25) is 9.78 Å². The van der Waals surface area contributed by atoms with E-state index in [1.807, 2.05) is 0 Å². The van der Waals surface area contributed by atoms with Gasteiger partial charge in [0, 0.05) is 6.20 Å². The number of carboxylic acids is 1. The zero-order valence-electron chi connectivity index (χ0n) is 10.2. The second kappa shape index (κ2) is 4.88. The number of rotatable bonds is 6. The fourth-order valence-electron chi connectivity index (χ4n) is 2.18. The SMILES string of the molecule is O=C(O)CC1(CS(=O)(=O)Cc2cncc(F)c2)CC1. The number of hydrogen-bond acceptors (Lipinski definition) is 4. The quantitative estimate of drug-likeness (QED) is 0.854. The number of halogens is 1. The van der Waals surface area contributed by atoms with Gasteiger partial charge in [-0.2, -0.15) is 0 Å². The molecule has 0 aromatic carbocycles. The number of carbonyl (C=O) groups is 1. The third-order valence-electron chi connectivity index (χ3n) is 3.16. The first-order valence-corrected chi connectivity index (χ1v) is 7.64. The van der Waals surface area contributed by atoms with E-state index in [2.05, 4.69) is 4.98 Å². The van der Waals surface area contributed by atoms with Crippen molar-refractivity contribution in [2.45, 2.75) is 25.0 Å². The molecule has 0 bridgehead atoms. The van der Waals surface area contributed by atoms with Crippen molar-refractivity contribution in [3.63, 3.8) is 0 Å². The molecule has 0 atom stereocenters. The summed E-state index contributed by atoms with van der Waals surface area (Å²) in [4.78, 5) is 14.3. The lowest BCUT2D eigenvalue weighted by Gasteiger charge is -2.12. The molecule has 0 saturated heterocycles. The molecular weight excluding hydrogens is 273 g/mol. The highest BCUT2D eigenvalue weighted by Gasteiger charge is 2.47. The Morgan fingerprint density at radius 1 is 1.42 bits per heavy atom. The van der Waals surface area contributed by atoms with Crippen LogP contribution in [0.3, 0.4) is 0 Å². The van der Waals surface area contributed by atoms with Gasteiger partial charge in [-0.15, -0.1) is 0 Å². The van der Waals surface area contributed by atoms with Crippen LogP contribution in [0.5, 0.6) is 0 Å². The Morgan fingerprint density at radius 2 is 2.11 bits per heavy atom. The number of aromatic nitrogens is 1. The Labute approximate surface area is 110 Å². The predicted molar refractivity (Wildman–Crippen MR) is 65.6 cm³/mol. The highest BCUT2D eigenvalue weighted by atomic mass is 32.2. The lowest BCUT2D eigenvalue weighted by molar-refractivity contribution is -0.138. The molecule has 0 unspecified atom stereocenters. The van der Waals surface area contributed by atoms with Crippen LogP contribution in [0.1, 0.15) is 24.8 Å². The molecule has 1 N–H and O–H groups in total. The summed E-state index contributed by atoms with van der Waals surface area (Å²) in [6, 6.07) is 1.13. The molecule has 19 heavy (non-hydrogen) atoms. The van der Waals surface area contributed by atoms with E-state index < -0.39 is 27.0 Å². The molecule has 1 fully saturated rings. The zero-order valence-corrected chi connectivity index (χ0v) is 11.0. The molecule has 0 radical (unpaired) electrons. The lowest BCUT2D eigenvalue weighted by Crippen LogP contribution is -2.21.